The highest BCUT2D eigenvalue weighted by molar-refractivity contribution is 5.65. The van der Waals surface area contributed by atoms with Gasteiger partial charge in [0.1, 0.15) is 23.9 Å². The van der Waals surface area contributed by atoms with Gasteiger partial charge in [0.15, 0.2) is 0 Å². The van der Waals surface area contributed by atoms with Gasteiger partial charge in [-0.1, -0.05) is 12.1 Å². The number of likely N-dealkylation sites (tertiary alicyclic amines) is 1. The molecule has 5 nitrogen and oxygen atoms in total. The lowest BCUT2D eigenvalue weighted by Crippen LogP contribution is -2.42. The molecule has 1 aliphatic heterocycles. The fraction of sp³-hybridized carbons (Fsp3) is 0.500. The van der Waals surface area contributed by atoms with Crippen LogP contribution in [0.4, 0.5) is 4.39 Å². The van der Waals surface area contributed by atoms with Gasteiger partial charge in [-0.25, -0.2) is 4.39 Å². The van der Waals surface area contributed by atoms with Crippen LogP contribution in [0, 0.1) is 17.7 Å². The van der Waals surface area contributed by atoms with Crippen molar-refractivity contribution in [3.63, 3.8) is 0 Å². The average Bonchev–Trinajstić information content (AvgIpc) is 3.28. The second kappa shape index (κ2) is 7.68. The third-order valence-corrected chi connectivity index (χ3v) is 6.12. The summed E-state index contributed by atoms with van der Waals surface area (Å²) in [4.78, 5) is 13.2. The Morgan fingerprint density at radius 1 is 1.25 bits per heavy atom. The van der Waals surface area contributed by atoms with Gasteiger partial charge in [0.05, 0.1) is 12.1 Å². The summed E-state index contributed by atoms with van der Waals surface area (Å²) in [6.07, 6.45) is 2.78. The number of furan rings is 1. The van der Waals surface area contributed by atoms with E-state index in [1.807, 2.05) is 12.1 Å². The van der Waals surface area contributed by atoms with Crippen LogP contribution in [0.3, 0.4) is 0 Å². The molecule has 28 heavy (non-hydrogen) atoms. The molecule has 2 aliphatic rings. The minimum atomic E-state index is -0.908. The average molecular weight is 387 g/mol. The number of halogens is 1. The van der Waals surface area contributed by atoms with Crippen molar-refractivity contribution >= 4 is 5.97 Å². The fourth-order valence-electron chi connectivity index (χ4n) is 4.82. The van der Waals surface area contributed by atoms with E-state index in [9.17, 15) is 14.3 Å². The Hall–Kier alpha value is -2.18. The lowest BCUT2D eigenvalue weighted by atomic mass is 9.67. The van der Waals surface area contributed by atoms with E-state index in [-0.39, 0.29) is 24.3 Å². The molecule has 0 radical (unpaired) electrons. The van der Waals surface area contributed by atoms with Gasteiger partial charge in [0.2, 0.25) is 0 Å². The van der Waals surface area contributed by atoms with Crippen molar-refractivity contribution in [2.45, 2.75) is 44.9 Å². The van der Waals surface area contributed by atoms with Gasteiger partial charge >= 0.3 is 5.97 Å². The van der Waals surface area contributed by atoms with E-state index in [1.54, 1.807) is 12.1 Å². The number of fused-ring (bicyclic) bond motifs is 1. The molecular weight excluding hydrogens is 361 g/mol. The van der Waals surface area contributed by atoms with Gasteiger partial charge in [-0.15, -0.1) is 0 Å². The first-order valence-electron chi connectivity index (χ1n) is 9.86. The van der Waals surface area contributed by atoms with E-state index in [0.717, 1.165) is 37.3 Å². The number of benzene rings is 1. The molecule has 0 bridgehead atoms. The molecule has 2 heterocycles. The number of carbonyl (C=O) groups is 1. The smallest absolute Gasteiger partial charge is 0.303 e. The topological polar surface area (TPSA) is 62.9 Å². The number of hydrogen-bond donors (Lipinski definition) is 1. The Kier molecular flexibility index (Phi) is 5.25. The van der Waals surface area contributed by atoms with Crippen molar-refractivity contribution in [3.05, 3.63) is 59.3 Å². The summed E-state index contributed by atoms with van der Waals surface area (Å²) in [5, 5.41) is 11.5. The van der Waals surface area contributed by atoms with Crippen molar-refractivity contribution in [1.29, 1.82) is 0 Å². The largest absolute Gasteiger partial charge is 0.461 e. The lowest BCUT2D eigenvalue weighted by Gasteiger charge is -2.41. The second-order valence-corrected chi connectivity index (χ2v) is 8.03. The van der Waals surface area contributed by atoms with E-state index in [1.165, 1.54) is 19.1 Å². The number of nitrogens with zero attached hydrogens (tertiary/aromatic N) is 1. The third-order valence-electron chi connectivity index (χ3n) is 6.12. The standard InChI is InChI=1S/C22H26FNO4/c1-15(25)27-14-20-9-8-19(28-20)12-24-11-16-3-2-10-22(26,21(16)13-24)17-4-6-18(23)7-5-17/h4-9,16,21,26H,2-3,10-14H2,1H3/t16-,21-,22-/m0/s1. The molecule has 1 aliphatic carbocycles. The molecule has 1 saturated carbocycles. The van der Waals surface area contributed by atoms with Crippen LogP contribution in [-0.2, 0) is 28.3 Å². The molecule has 0 amide bonds. The molecule has 2 aromatic rings. The maximum absolute atomic E-state index is 13.3. The molecule has 0 spiro atoms. The summed E-state index contributed by atoms with van der Waals surface area (Å²) in [6.45, 7) is 3.86. The quantitative estimate of drug-likeness (QED) is 0.795. The number of ether oxygens (including phenoxy) is 1. The van der Waals surface area contributed by atoms with Crippen LogP contribution in [-0.4, -0.2) is 29.1 Å². The van der Waals surface area contributed by atoms with Gasteiger partial charge in [-0.05, 0) is 55.0 Å². The zero-order chi connectivity index (χ0) is 19.7. The normalized spacial score (nSPS) is 27.5. The molecule has 1 aromatic heterocycles. The van der Waals surface area contributed by atoms with Crippen molar-refractivity contribution in [3.8, 4) is 0 Å². The number of carbonyl (C=O) groups excluding carboxylic acids is 1. The Balaban J connectivity index is 1.44. The summed E-state index contributed by atoms with van der Waals surface area (Å²) in [5.41, 5.74) is -0.0956. The van der Waals surface area contributed by atoms with Crippen LogP contribution in [0.1, 0.15) is 43.3 Å². The Morgan fingerprint density at radius 2 is 2.00 bits per heavy atom. The highest BCUT2D eigenvalue weighted by atomic mass is 19.1. The molecule has 2 fully saturated rings. The zero-order valence-corrected chi connectivity index (χ0v) is 16.1. The molecule has 3 atom stereocenters. The molecule has 6 heteroatoms. The molecule has 0 unspecified atom stereocenters. The summed E-state index contributed by atoms with van der Waals surface area (Å²) in [7, 11) is 0. The van der Waals surface area contributed by atoms with Crippen molar-refractivity contribution in [2.24, 2.45) is 11.8 Å². The van der Waals surface area contributed by atoms with E-state index in [0.29, 0.717) is 24.6 Å². The van der Waals surface area contributed by atoms with E-state index >= 15 is 0 Å². The lowest BCUT2D eigenvalue weighted by molar-refractivity contribution is -0.142. The predicted molar refractivity (Wildman–Crippen MR) is 101 cm³/mol. The molecule has 150 valence electrons. The van der Waals surface area contributed by atoms with Crippen molar-refractivity contribution in [1.82, 2.24) is 4.90 Å². The van der Waals surface area contributed by atoms with Crippen LogP contribution in [0.5, 0.6) is 0 Å². The van der Waals surface area contributed by atoms with Crippen molar-refractivity contribution < 1.29 is 23.4 Å². The van der Waals surface area contributed by atoms with Gasteiger partial charge in [0.25, 0.3) is 0 Å². The monoisotopic (exact) mass is 387 g/mol. The van der Waals surface area contributed by atoms with E-state index < -0.39 is 5.60 Å². The maximum atomic E-state index is 13.3. The summed E-state index contributed by atoms with van der Waals surface area (Å²) in [5.74, 6) is 1.38. The predicted octanol–water partition coefficient (Wildman–Crippen LogP) is 3.60. The summed E-state index contributed by atoms with van der Waals surface area (Å²) < 4.78 is 24.1. The van der Waals surface area contributed by atoms with Crippen LogP contribution < -0.4 is 0 Å². The first kappa shape index (κ1) is 19.2. The zero-order valence-electron chi connectivity index (χ0n) is 16.1. The highest BCUT2D eigenvalue weighted by Crippen LogP contribution is 2.48. The minimum absolute atomic E-state index is 0.127. The Morgan fingerprint density at radius 3 is 2.75 bits per heavy atom. The van der Waals surface area contributed by atoms with Gasteiger partial charge in [-0.3, -0.25) is 9.69 Å². The fourth-order valence-corrected chi connectivity index (χ4v) is 4.82. The van der Waals surface area contributed by atoms with Crippen LogP contribution in [0.15, 0.2) is 40.8 Å². The molecule has 1 saturated heterocycles. The SMILES string of the molecule is CC(=O)OCc1ccc(CN2C[C@@H]3CCC[C@](O)(c4ccc(F)cc4)[C@H]3C2)o1. The molecule has 1 aromatic carbocycles. The highest BCUT2D eigenvalue weighted by Gasteiger charge is 2.49. The van der Waals surface area contributed by atoms with Gasteiger partial charge in [0, 0.05) is 25.9 Å². The molecule has 4 rings (SSSR count). The Bertz CT molecular complexity index is 833. The van der Waals surface area contributed by atoms with Crippen molar-refractivity contribution in [2.75, 3.05) is 13.1 Å². The van der Waals surface area contributed by atoms with E-state index in [2.05, 4.69) is 4.90 Å². The number of esters is 1. The molecular formula is C22H26FNO4. The minimum Gasteiger partial charge on any atom is -0.461 e. The number of rotatable bonds is 5. The number of hydrogen-bond acceptors (Lipinski definition) is 5. The summed E-state index contributed by atoms with van der Waals surface area (Å²) in [6, 6.07) is 10.0. The Labute approximate surface area is 164 Å². The van der Waals surface area contributed by atoms with Crippen LogP contribution >= 0.6 is 0 Å². The first-order valence-corrected chi connectivity index (χ1v) is 9.86. The van der Waals surface area contributed by atoms with Gasteiger partial charge < -0.3 is 14.3 Å². The van der Waals surface area contributed by atoms with Crippen LogP contribution in [0.2, 0.25) is 0 Å². The maximum Gasteiger partial charge on any atom is 0.303 e. The third kappa shape index (κ3) is 3.84. The van der Waals surface area contributed by atoms with Gasteiger partial charge in [-0.2, -0.15) is 0 Å². The second-order valence-electron chi connectivity index (χ2n) is 8.03. The number of aliphatic hydroxyl groups is 1. The van der Waals surface area contributed by atoms with Crippen LogP contribution in [0.25, 0.3) is 0 Å². The molecule has 1 N–H and O–H groups in total. The summed E-state index contributed by atoms with van der Waals surface area (Å²) >= 11 is 0. The first-order chi connectivity index (χ1) is 13.4. The van der Waals surface area contributed by atoms with E-state index in [4.69, 9.17) is 9.15 Å².